The number of benzene rings is 1. The van der Waals surface area contributed by atoms with Crippen molar-refractivity contribution in [2.45, 2.75) is 51.0 Å². The van der Waals surface area contributed by atoms with Gasteiger partial charge in [0.2, 0.25) is 0 Å². The molecule has 2 aliphatic heterocycles. The number of aryl methyl sites for hydroxylation is 1. The quantitative estimate of drug-likeness (QED) is 0.737. The van der Waals surface area contributed by atoms with E-state index < -0.39 is 12.5 Å². The van der Waals surface area contributed by atoms with Crippen molar-refractivity contribution in [3.63, 3.8) is 0 Å². The SMILES string of the molecule is Cc1cc(N2CCC(C=O)CC2)ccc1C1CCC(O)NC1O. The van der Waals surface area contributed by atoms with Crippen molar-refractivity contribution in [2.24, 2.45) is 5.92 Å². The first-order valence-corrected chi connectivity index (χ1v) is 8.51. The Kier molecular flexibility index (Phi) is 4.99. The van der Waals surface area contributed by atoms with Crippen molar-refractivity contribution in [3.8, 4) is 0 Å². The van der Waals surface area contributed by atoms with Gasteiger partial charge in [0.15, 0.2) is 0 Å². The molecule has 0 spiro atoms. The van der Waals surface area contributed by atoms with Gasteiger partial charge in [-0.15, -0.1) is 0 Å². The highest BCUT2D eigenvalue weighted by molar-refractivity contribution is 5.56. The fourth-order valence-electron chi connectivity index (χ4n) is 3.78. The lowest BCUT2D eigenvalue weighted by molar-refractivity contribution is -0.111. The molecule has 0 bridgehead atoms. The van der Waals surface area contributed by atoms with Gasteiger partial charge in [-0.3, -0.25) is 5.32 Å². The van der Waals surface area contributed by atoms with Gasteiger partial charge in [-0.25, -0.2) is 0 Å². The molecule has 3 unspecified atom stereocenters. The third kappa shape index (κ3) is 3.57. The minimum absolute atomic E-state index is 0.0215. The summed E-state index contributed by atoms with van der Waals surface area (Å²) in [5.74, 6) is 0.231. The van der Waals surface area contributed by atoms with E-state index in [4.69, 9.17) is 0 Å². The molecule has 2 heterocycles. The summed E-state index contributed by atoms with van der Waals surface area (Å²) in [4.78, 5) is 13.2. The van der Waals surface area contributed by atoms with E-state index >= 15 is 0 Å². The molecule has 0 aliphatic carbocycles. The molecule has 0 amide bonds. The van der Waals surface area contributed by atoms with Gasteiger partial charge in [0.1, 0.15) is 18.7 Å². The van der Waals surface area contributed by atoms with Gasteiger partial charge in [-0.2, -0.15) is 0 Å². The number of aliphatic hydroxyl groups excluding tert-OH is 2. The second kappa shape index (κ2) is 6.99. The maximum Gasteiger partial charge on any atom is 0.123 e. The molecule has 3 atom stereocenters. The Morgan fingerprint density at radius 2 is 1.91 bits per heavy atom. The maximum absolute atomic E-state index is 10.9. The lowest BCUT2D eigenvalue weighted by atomic mass is 9.86. The minimum Gasteiger partial charge on any atom is -0.379 e. The monoisotopic (exact) mass is 318 g/mol. The van der Waals surface area contributed by atoms with Crippen LogP contribution in [0.5, 0.6) is 0 Å². The topological polar surface area (TPSA) is 72.8 Å². The van der Waals surface area contributed by atoms with Crippen LogP contribution in [-0.2, 0) is 4.79 Å². The zero-order chi connectivity index (χ0) is 16.4. The number of aliphatic hydroxyl groups is 2. The summed E-state index contributed by atoms with van der Waals surface area (Å²) in [5, 5.41) is 22.6. The van der Waals surface area contributed by atoms with Crippen LogP contribution in [0.1, 0.15) is 42.7 Å². The molecule has 126 valence electrons. The zero-order valence-corrected chi connectivity index (χ0v) is 13.6. The van der Waals surface area contributed by atoms with Gasteiger partial charge in [-0.05, 0) is 55.9 Å². The standard InChI is InChI=1S/C18H26N2O3/c1-12-10-14(20-8-6-13(11-21)7-9-20)2-3-15(12)16-4-5-17(22)19-18(16)23/h2-3,10-11,13,16-19,22-23H,4-9H2,1H3. The molecular formula is C18H26N2O3. The third-order valence-corrected chi connectivity index (χ3v) is 5.25. The van der Waals surface area contributed by atoms with Crippen LogP contribution in [0.3, 0.4) is 0 Å². The van der Waals surface area contributed by atoms with E-state index in [2.05, 4.69) is 35.3 Å². The van der Waals surface area contributed by atoms with Crippen LogP contribution >= 0.6 is 0 Å². The summed E-state index contributed by atoms with van der Waals surface area (Å²) < 4.78 is 0. The average Bonchev–Trinajstić information content (AvgIpc) is 2.55. The number of carbonyl (C=O) groups is 1. The molecule has 0 saturated carbocycles. The fraction of sp³-hybridized carbons (Fsp3) is 0.611. The molecule has 5 nitrogen and oxygen atoms in total. The summed E-state index contributed by atoms with van der Waals surface area (Å²) in [6.45, 7) is 3.92. The van der Waals surface area contributed by atoms with E-state index in [1.807, 2.05) is 0 Å². The predicted molar refractivity (Wildman–Crippen MR) is 89.3 cm³/mol. The highest BCUT2D eigenvalue weighted by Gasteiger charge is 2.29. The number of nitrogens with one attached hydrogen (secondary N) is 1. The lowest BCUT2D eigenvalue weighted by Crippen LogP contribution is -2.46. The molecule has 1 aromatic carbocycles. The molecule has 0 aromatic heterocycles. The number of hydrogen-bond donors (Lipinski definition) is 3. The Hall–Kier alpha value is -1.43. The highest BCUT2D eigenvalue weighted by Crippen LogP contribution is 2.33. The van der Waals surface area contributed by atoms with E-state index in [9.17, 15) is 15.0 Å². The Morgan fingerprint density at radius 3 is 2.52 bits per heavy atom. The van der Waals surface area contributed by atoms with Gasteiger partial charge in [-0.1, -0.05) is 6.07 Å². The summed E-state index contributed by atoms with van der Waals surface area (Å²) >= 11 is 0. The van der Waals surface area contributed by atoms with Crippen molar-refractivity contribution in [3.05, 3.63) is 29.3 Å². The van der Waals surface area contributed by atoms with Crippen molar-refractivity contribution >= 4 is 12.0 Å². The Bertz CT molecular complexity index is 555. The van der Waals surface area contributed by atoms with Crippen LogP contribution in [0.15, 0.2) is 18.2 Å². The molecule has 3 N–H and O–H groups in total. The average molecular weight is 318 g/mol. The third-order valence-electron chi connectivity index (χ3n) is 5.25. The smallest absolute Gasteiger partial charge is 0.123 e. The van der Waals surface area contributed by atoms with Crippen LogP contribution in [0.2, 0.25) is 0 Å². The number of piperidine rings is 2. The normalized spacial score (nSPS) is 29.5. The van der Waals surface area contributed by atoms with Gasteiger partial charge in [0, 0.05) is 30.6 Å². The van der Waals surface area contributed by atoms with Crippen LogP contribution in [-0.4, -0.2) is 42.0 Å². The van der Waals surface area contributed by atoms with E-state index in [-0.39, 0.29) is 11.8 Å². The molecule has 3 rings (SSSR count). The number of rotatable bonds is 3. The summed E-state index contributed by atoms with van der Waals surface area (Å²) in [6, 6.07) is 6.39. The second-order valence-electron chi connectivity index (χ2n) is 6.81. The fourth-order valence-corrected chi connectivity index (χ4v) is 3.78. The van der Waals surface area contributed by atoms with Crippen LogP contribution in [0.4, 0.5) is 5.69 Å². The van der Waals surface area contributed by atoms with Gasteiger partial charge < -0.3 is 19.9 Å². The number of anilines is 1. The Morgan fingerprint density at radius 1 is 1.17 bits per heavy atom. The largest absolute Gasteiger partial charge is 0.379 e. The predicted octanol–water partition coefficient (Wildman–Crippen LogP) is 1.51. The van der Waals surface area contributed by atoms with E-state index in [0.717, 1.165) is 44.2 Å². The van der Waals surface area contributed by atoms with E-state index in [1.54, 1.807) is 0 Å². The summed E-state index contributed by atoms with van der Waals surface area (Å²) in [5.41, 5.74) is 3.50. The molecule has 2 fully saturated rings. The van der Waals surface area contributed by atoms with Crippen molar-refractivity contribution in [2.75, 3.05) is 18.0 Å². The number of aldehydes is 1. The first-order chi connectivity index (χ1) is 11.1. The van der Waals surface area contributed by atoms with Crippen LogP contribution in [0, 0.1) is 12.8 Å². The van der Waals surface area contributed by atoms with Gasteiger partial charge in [0.25, 0.3) is 0 Å². The molecule has 5 heteroatoms. The van der Waals surface area contributed by atoms with Crippen molar-refractivity contribution in [1.82, 2.24) is 5.32 Å². The first-order valence-electron chi connectivity index (χ1n) is 8.51. The summed E-state index contributed by atoms with van der Waals surface area (Å²) in [6.07, 6.45) is 3.05. The molecule has 0 radical (unpaired) electrons. The van der Waals surface area contributed by atoms with Crippen LogP contribution in [0.25, 0.3) is 0 Å². The Labute approximate surface area is 137 Å². The first kappa shape index (κ1) is 16.4. The highest BCUT2D eigenvalue weighted by atomic mass is 16.3. The Balaban J connectivity index is 1.72. The van der Waals surface area contributed by atoms with E-state index in [1.165, 1.54) is 11.3 Å². The number of carbonyl (C=O) groups excluding carboxylic acids is 1. The molecule has 2 aliphatic rings. The lowest BCUT2D eigenvalue weighted by Gasteiger charge is -2.34. The number of nitrogens with zero attached hydrogens (tertiary/aromatic N) is 1. The van der Waals surface area contributed by atoms with Gasteiger partial charge in [0.05, 0.1) is 0 Å². The summed E-state index contributed by atoms with van der Waals surface area (Å²) in [7, 11) is 0. The molecular weight excluding hydrogens is 292 g/mol. The zero-order valence-electron chi connectivity index (χ0n) is 13.6. The van der Waals surface area contributed by atoms with Crippen molar-refractivity contribution in [1.29, 1.82) is 0 Å². The van der Waals surface area contributed by atoms with E-state index in [0.29, 0.717) is 6.42 Å². The molecule has 1 aromatic rings. The maximum atomic E-state index is 10.9. The second-order valence-corrected chi connectivity index (χ2v) is 6.81. The molecule has 2 saturated heterocycles. The molecule has 23 heavy (non-hydrogen) atoms. The number of hydrogen-bond acceptors (Lipinski definition) is 5. The van der Waals surface area contributed by atoms with Crippen molar-refractivity contribution < 1.29 is 15.0 Å². The van der Waals surface area contributed by atoms with Crippen LogP contribution < -0.4 is 10.2 Å². The minimum atomic E-state index is -0.702. The van der Waals surface area contributed by atoms with Gasteiger partial charge >= 0.3 is 0 Å².